The molecule has 0 bridgehead atoms. The van der Waals surface area contributed by atoms with Gasteiger partial charge in [0.05, 0.1) is 6.20 Å². The molecule has 0 saturated carbocycles. The van der Waals surface area contributed by atoms with Gasteiger partial charge >= 0.3 is 5.69 Å². The van der Waals surface area contributed by atoms with Gasteiger partial charge in [-0.2, -0.15) is 9.97 Å². The number of rotatable bonds is 7. The molecule has 0 aliphatic rings. The number of H-pyrrole nitrogens is 1. The molecule has 12 heteroatoms. The van der Waals surface area contributed by atoms with Crippen molar-refractivity contribution in [3.05, 3.63) is 50.6 Å². The summed E-state index contributed by atoms with van der Waals surface area (Å²) in [6.45, 7) is 2.45. The number of hydrogen-bond acceptors (Lipinski definition) is 8. The quantitative estimate of drug-likeness (QED) is 0.352. The molecule has 4 aromatic rings. The van der Waals surface area contributed by atoms with Gasteiger partial charge in [-0.3, -0.25) is 18.9 Å². The second-order valence-electron chi connectivity index (χ2n) is 6.27. The van der Waals surface area contributed by atoms with Gasteiger partial charge in [0.25, 0.3) is 5.56 Å². The third kappa shape index (κ3) is 3.68. The van der Waals surface area contributed by atoms with Crippen LogP contribution in [0.5, 0.6) is 0 Å². The average Bonchev–Trinajstić information content (AvgIpc) is 3.35. The smallest absolute Gasteiger partial charge is 0.332 e. The van der Waals surface area contributed by atoms with E-state index in [0.29, 0.717) is 43.2 Å². The fourth-order valence-electron chi connectivity index (χ4n) is 3.04. The first-order valence-corrected chi connectivity index (χ1v) is 9.44. The zero-order chi connectivity index (χ0) is 20.4. The van der Waals surface area contributed by atoms with E-state index in [0.717, 1.165) is 0 Å². The minimum absolute atomic E-state index is 0.0757. The van der Waals surface area contributed by atoms with E-state index < -0.39 is 11.2 Å². The molecule has 0 aliphatic carbocycles. The van der Waals surface area contributed by atoms with Crippen LogP contribution in [0.3, 0.4) is 0 Å². The molecule has 0 atom stereocenters. The second-order valence-corrected chi connectivity index (χ2v) is 6.63. The summed E-state index contributed by atoms with van der Waals surface area (Å²) >= 11 is 5.87. The van der Waals surface area contributed by atoms with Crippen molar-refractivity contribution in [1.82, 2.24) is 39.2 Å². The van der Waals surface area contributed by atoms with Gasteiger partial charge in [0.1, 0.15) is 5.69 Å². The molecule has 0 fully saturated rings. The monoisotopic (exact) mass is 416 g/mol. The molecule has 4 heterocycles. The molecule has 4 rings (SSSR count). The summed E-state index contributed by atoms with van der Waals surface area (Å²) in [4.78, 5) is 44.4. The van der Waals surface area contributed by atoms with Gasteiger partial charge in [0.15, 0.2) is 11.2 Å². The van der Waals surface area contributed by atoms with E-state index >= 15 is 0 Å². The van der Waals surface area contributed by atoms with Crippen LogP contribution in [0.25, 0.3) is 22.7 Å². The van der Waals surface area contributed by atoms with Gasteiger partial charge in [-0.1, -0.05) is 5.16 Å². The number of imidazole rings is 1. The molecule has 0 aliphatic heterocycles. The predicted molar refractivity (Wildman–Crippen MR) is 104 cm³/mol. The van der Waals surface area contributed by atoms with Crippen LogP contribution >= 0.6 is 11.6 Å². The zero-order valence-electron chi connectivity index (χ0n) is 15.5. The Hall–Kier alpha value is -3.34. The van der Waals surface area contributed by atoms with Gasteiger partial charge in [-0.05, 0) is 31.4 Å². The minimum atomic E-state index is -0.433. The summed E-state index contributed by atoms with van der Waals surface area (Å²) in [5, 5.41) is 3.97. The molecule has 0 spiro atoms. The van der Waals surface area contributed by atoms with E-state index in [4.69, 9.17) is 16.1 Å². The number of unbranched alkanes of at least 4 members (excludes halogenated alkanes) is 1. The summed E-state index contributed by atoms with van der Waals surface area (Å²) in [7, 11) is 0. The van der Waals surface area contributed by atoms with Crippen LogP contribution in [-0.2, 0) is 19.5 Å². The van der Waals surface area contributed by atoms with Gasteiger partial charge in [-0.15, -0.1) is 0 Å². The summed E-state index contributed by atoms with van der Waals surface area (Å²) in [5.74, 6) is 0.830. The Balaban J connectivity index is 1.45. The number of fused-ring (bicyclic) bond motifs is 1. The molecule has 0 unspecified atom stereocenters. The van der Waals surface area contributed by atoms with Crippen molar-refractivity contribution in [2.45, 2.75) is 39.3 Å². The Morgan fingerprint density at radius 1 is 1.17 bits per heavy atom. The molecule has 0 amide bonds. The van der Waals surface area contributed by atoms with Crippen molar-refractivity contribution >= 4 is 22.8 Å². The summed E-state index contributed by atoms with van der Waals surface area (Å²) < 4.78 is 7.84. The first-order chi connectivity index (χ1) is 14.1. The predicted octanol–water partition coefficient (Wildman–Crippen LogP) is 1.42. The third-order valence-corrected chi connectivity index (χ3v) is 4.61. The highest BCUT2D eigenvalue weighted by Gasteiger charge is 2.16. The second kappa shape index (κ2) is 7.95. The van der Waals surface area contributed by atoms with Crippen molar-refractivity contribution < 1.29 is 4.52 Å². The number of aromatic nitrogens is 8. The van der Waals surface area contributed by atoms with E-state index in [2.05, 4.69) is 30.1 Å². The average molecular weight is 417 g/mol. The molecular weight excluding hydrogens is 400 g/mol. The van der Waals surface area contributed by atoms with Gasteiger partial charge in [-0.25, -0.2) is 9.78 Å². The third-order valence-electron chi connectivity index (χ3n) is 4.43. The number of hydrogen-bond donors (Lipinski definition) is 1. The lowest BCUT2D eigenvalue weighted by Gasteiger charge is -2.09. The normalized spacial score (nSPS) is 11.4. The van der Waals surface area contributed by atoms with Gasteiger partial charge in [0, 0.05) is 31.9 Å². The molecule has 29 heavy (non-hydrogen) atoms. The molecule has 0 radical (unpaired) electrons. The fourth-order valence-corrected chi connectivity index (χ4v) is 3.22. The molecule has 4 aromatic heterocycles. The largest absolute Gasteiger partial charge is 0.339 e. The Morgan fingerprint density at radius 3 is 2.79 bits per heavy atom. The lowest BCUT2D eigenvalue weighted by molar-refractivity contribution is 0.372. The van der Waals surface area contributed by atoms with Crippen molar-refractivity contribution in [2.24, 2.45) is 0 Å². The van der Waals surface area contributed by atoms with E-state index in [1.165, 1.54) is 9.13 Å². The highest BCUT2D eigenvalue weighted by molar-refractivity contribution is 6.28. The summed E-state index contributed by atoms with van der Waals surface area (Å²) in [6, 6.07) is 0. The number of nitrogens with zero attached hydrogens (tertiary/aromatic N) is 7. The number of halogens is 1. The summed E-state index contributed by atoms with van der Waals surface area (Å²) in [6.07, 6.45) is 6.42. The van der Waals surface area contributed by atoms with Gasteiger partial charge < -0.3 is 9.51 Å². The Bertz CT molecular complexity index is 1260. The fraction of sp³-hybridized carbons (Fsp3) is 0.353. The topological polar surface area (TPSA) is 137 Å². The number of nitrogens with one attached hydrogen (secondary N) is 1. The van der Waals surface area contributed by atoms with Crippen LogP contribution in [-0.4, -0.2) is 39.2 Å². The maximum atomic E-state index is 12.6. The highest BCUT2D eigenvalue weighted by Crippen LogP contribution is 2.13. The first-order valence-electron chi connectivity index (χ1n) is 9.06. The standard InChI is InChI=1S/C17H17ClN8O3/c1-2-25-14-12(22-16(18)23-14)15(27)26(17(25)28)8-4-3-5-11-21-13(24-29-11)10-9-19-6-7-20-10/h6-7,9H,2-5,8H2,1H3,(H,22,23). The molecule has 0 saturated heterocycles. The van der Waals surface area contributed by atoms with Crippen LogP contribution < -0.4 is 11.2 Å². The zero-order valence-corrected chi connectivity index (χ0v) is 16.3. The summed E-state index contributed by atoms with van der Waals surface area (Å²) in [5.41, 5.74) is 0.182. The van der Waals surface area contributed by atoms with Crippen LogP contribution in [0.15, 0.2) is 32.7 Å². The van der Waals surface area contributed by atoms with Crippen LogP contribution in [0.2, 0.25) is 5.28 Å². The first kappa shape index (κ1) is 19.0. The lowest BCUT2D eigenvalue weighted by atomic mass is 10.2. The van der Waals surface area contributed by atoms with Crippen LogP contribution in [0.1, 0.15) is 25.7 Å². The van der Waals surface area contributed by atoms with Crippen molar-refractivity contribution in [3.8, 4) is 11.5 Å². The van der Waals surface area contributed by atoms with E-state index in [1.807, 2.05) is 6.92 Å². The highest BCUT2D eigenvalue weighted by atomic mass is 35.5. The van der Waals surface area contributed by atoms with Crippen molar-refractivity contribution in [3.63, 3.8) is 0 Å². The lowest BCUT2D eigenvalue weighted by Crippen LogP contribution is -2.40. The minimum Gasteiger partial charge on any atom is -0.339 e. The Morgan fingerprint density at radius 2 is 2.03 bits per heavy atom. The van der Waals surface area contributed by atoms with Crippen LogP contribution in [0, 0.1) is 0 Å². The molecule has 150 valence electrons. The van der Waals surface area contributed by atoms with Crippen molar-refractivity contribution in [2.75, 3.05) is 0 Å². The van der Waals surface area contributed by atoms with E-state index in [9.17, 15) is 9.59 Å². The SMILES string of the molecule is CCn1c(=O)n(CCCCc2nc(-c3cnccn3)no2)c(=O)c2[nH]c(Cl)nc21. The van der Waals surface area contributed by atoms with E-state index in [-0.39, 0.29) is 23.0 Å². The Labute approximate surface area is 168 Å². The molecular formula is C17H17ClN8O3. The van der Waals surface area contributed by atoms with Crippen molar-refractivity contribution in [1.29, 1.82) is 0 Å². The van der Waals surface area contributed by atoms with Crippen LogP contribution in [0.4, 0.5) is 0 Å². The molecule has 0 aromatic carbocycles. The van der Waals surface area contributed by atoms with E-state index in [1.54, 1.807) is 18.6 Å². The molecule has 1 N–H and O–H groups in total. The number of aromatic amines is 1. The van der Waals surface area contributed by atoms with Gasteiger partial charge in [0.2, 0.25) is 17.0 Å². The maximum absolute atomic E-state index is 12.6. The Kier molecular flexibility index (Phi) is 5.21. The maximum Gasteiger partial charge on any atom is 0.332 e. The molecule has 11 nitrogen and oxygen atoms in total. The number of aryl methyl sites for hydroxylation is 2.